The van der Waals surface area contributed by atoms with Gasteiger partial charge in [-0.15, -0.1) is 0 Å². The number of unbranched alkanes of at least 4 members (excludes halogenated alkanes) is 1. The van der Waals surface area contributed by atoms with Gasteiger partial charge in [0.2, 0.25) is 5.91 Å². The minimum absolute atomic E-state index is 0.0243. The fourth-order valence-electron chi connectivity index (χ4n) is 3.18. The van der Waals surface area contributed by atoms with Gasteiger partial charge in [0.15, 0.2) is 0 Å². The van der Waals surface area contributed by atoms with Crippen molar-refractivity contribution in [1.29, 1.82) is 0 Å². The van der Waals surface area contributed by atoms with E-state index in [1.54, 1.807) is 55.1 Å². The molecule has 0 bridgehead atoms. The molecule has 1 heterocycles. The molecule has 0 radical (unpaired) electrons. The average Bonchev–Trinajstić information content (AvgIpc) is 2.96. The lowest BCUT2D eigenvalue weighted by Gasteiger charge is -2.09. The minimum Gasteiger partial charge on any atom is -0.326 e. The van der Waals surface area contributed by atoms with E-state index in [-0.39, 0.29) is 16.5 Å². The van der Waals surface area contributed by atoms with Gasteiger partial charge in [0.25, 0.3) is 15.6 Å². The van der Waals surface area contributed by atoms with Gasteiger partial charge >= 0.3 is 0 Å². The van der Waals surface area contributed by atoms with Crippen molar-refractivity contribution < 1.29 is 13.2 Å². The number of benzene rings is 2. The number of amides is 1. The molecular weight excluding hydrogens is 416 g/mol. The number of hydrogen-bond donors (Lipinski definition) is 2. The van der Waals surface area contributed by atoms with Crippen molar-refractivity contribution in [3.63, 3.8) is 0 Å². The molecular formula is C22H26N4O4S. The summed E-state index contributed by atoms with van der Waals surface area (Å²) in [6.45, 7) is 3.66. The van der Waals surface area contributed by atoms with Crippen molar-refractivity contribution in [3.05, 3.63) is 70.6 Å². The van der Waals surface area contributed by atoms with E-state index in [1.807, 2.05) is 13.0 Å². The Labute approximate surface area is 181 Å². The Morgan fingerprint density at radius 3 is 2.45 bits per heavy atom. The van der Waals surface area contributed by atoms with Crippen LogP contribution >= 0.6 is 0 Å². The molecule has 0 aliphatic carbocycles. The SMILES string of the molecule is CCCCC(=O)Nc1cccc(S(=O)(=O)Nc2c(C)n(C)n(-c3ccccc3)c2=O)c1. The first kappa shape index (κ1) is 22.4. The van der Waals surface area contributed by atoms with E-state index in [0.717, 1.165) is 12.8 Å². The van der Waals surface area contributed by atoms with E-state index in [9.17, 15) is 18.0 Å². The largest absolute Gasteiger partial charge is 0.326 e. The maximum Gasteiger partial charge on any atom is 0.296 e. The highest BCUT2D eigenvalue weighted by Gasteiger charge is 2.22. The van der Waals surface area contributed by atoms with Crippen LogP contribution in [0.1, 0.15) is 31.9 Å². The Balaban J connectivity index is 1.91. The molecule has 0 unspecified atom stereocenters. The molecule has 1 aromatic heterocycles. The Bertz CT molecular complexity index is 1240. The molecule has 3 rings (SSSR count). The standard InChI is InChI=1S/C22H26N4O4S/c1-4-5-14-20(27)23-17-10-9-13-19(15-17)31(29,30)24-21-16(2)25(3)26(22(21)28)18-11-7-6-8-12-18/h6-13,15,24H,4-5,14H2,1-3H3,(H,23,27). The van der Waals surface area contributed by atoms with E-state index in [1.165, 1.54) is 16.8 Å². The average molecular weight is 443 g/mol. The quantitative estimate of drug-likeness (QED) is 0.558. The van der Waals surface area contributed by atoms with Crippen LogP contribution in [0.25, 0.3) is 5.69 Å². The van der Waals surface area contributed by atoms with Crippen molar-refractivity contribution in [2.45, 2.75) is 38.0 Å². The number of nitrogens with zero attached hydrogens (tertiary/aromatic N) is 2. The molecule has 1 amide bonds. The first-order valence-electron chi connectivity index (χ1n) is 10.0. The van der Waals surface area contributed by atoms with Crippen LogP contribution in [-0.2, 0) is 21.9 Å². The molecule has 0 aliphatic rings. The third-order valence-corrected chi connectivity index (χ3v) is 6.32. The fraction of sp³-hybridized carbons (Fsp3) is 0.273. The van der Waals surface area contributed by atoms with Crippen LogP contribution in [0.2, 0.25) is 0 Å². The van der Waals surface area contributed by atoms with Crippen molar-refractivity contribution in [2.75, 3.05) is 10.0 Å². The molecule has 2 aromatic carbocycles. The van der Waals surface area contributed by atoms with Gasteiger partial charge in [-0.05, 0) is 43.7 Å². The summed E-state index contributed by atoms with van der Waals surface area (Å²) < 4.78 is 31.4. The molecule has 0 fully saturated rings. The maximum atomic E-state index is 13.0. The van der Waals surface area contributed by atoms with Crippen molar-refractivity contribution in [1.82, 2.24) is 9.36 Å². The summed E-state index contributed by atoms with van der Waals surface area (Å²) in [5.74, 6) is -0.172. The number of nitrogens with one attached hydrogen (secondary N) is 2. The van der Waals surface area contributed by atoms with Crippen molar-refractivity contribution >= 4 is 27.3 Å². The number of rotatable bonds is 8. The number of carbonyl (C=O) groups is 1. The second-order valence-electron chi connectivity index (χ2n) is 7.22. The summed E-state index contributed by atoms with van der Waals surface area (Å²) in [4.78, 5) is 24.9. The molecule has 0 atom stereocenters. The van der Waals surface area contributed by atoms with Crippen LogP contribution < -0.4 is 15.6 Å². The summed E-state index contributed by atoms with van der Waals surface area (Å²) in [5, 5.41) is 2.71. The first-order chi connectivity index (χ1) is 14.7. The zero-order valence-corrected chi connectivity index (χ0v) is 18.6. The molecule has 3 aromatic rings. The highest BCUT2D eigenvalue weighted by Crippen LogP contribution is 2.21. The minimum atomic E-state index is -4.05. The van der Waals surface area contributed by atoms with E-state index in [2.05, 4.69) is 10.0 Å². The Morgan fingerprint density at radius 2 is 1.77 bits per heavy atom. The summed E-state index contributed by atoms with van der Waals surface area (Å²) in [6.07, 6.45) is 2.02. The van der Waals surface area contributed by atoms with Gasteiger partial charge < -0.3 is 5.32 Å². The van der Waals surface area contributed by atoms with Crippen molar-refractivity contribution in [2.24, 2.45) is 7.05 Å². The molecule has 0 saturated carbocycles. The fourth-order valence-corrected chi connectivity index (χ4v) is 4.34. The van der Waals surface area contributed by atoms with Crippen LogP contribution in [-0.4, -0.2) is 23.7 Å². The first-order valence-corrected chi connectivity index (χ1v) is 11.5. The normalized spacial score (nSPS) is 11.3. The van der Waals surface area contributed by atoms with Gasteiger partial charge in [0, 0.05) is 19.2 Å². The highest BCUT2D eigenvalue weighted by atomic mass is 32.2. The summed E-state index contributed by atoms with van der Waals surface area (Å²) in [5.41, 5.74) is 0.986. The monoisotopic (exact) mass is 442 g/mol. The van der Waals surface area contributed by atoms with Gasteiger partial charge in [-0.2, -0.15) is 0 Å². The predicted molar refractivity (Wildman–Crippen MR) is 121 cm³/mol. The number of aromatic nitrogens is 2. The van der Waals surface area contributed by atoms with E-state index < -0.39 is 15.6 Å². The van der Waals surface area contributed by atoms with E-state index >= 15 is 0 Å². The van der Waals surface area contributed by atoms with Gasteiger partial charge in [-0.25, -0.2) is 13.1 Å². The molecule has 31 heavy (non-hydrogen) atoms. The predicted octanol–water partition coefficient (Wildman–Crippen LogP) is 3.41. The second-order valence-corrected chi connectivity index (χ2v) is 8.90. The molecule has 164 valence electrons. The van der Waals surface area contributed by atoms with Crippen molar-refractivity contribution in [3.8, 4) is 5.69 Å². The number of sulfonamides is 1. The van der Waals surface area contributed by atoms with Crippen LogP contribution in [0.4, 0.5) is 11.4 Å². The maximum absolute atomic E-state index is 13.0. The Kier molecular flexibility index (Phi) is 6.65. The second kappa shape index (κ2) is 9.22. The topological polar surface area (TPSA) is 102 Å². The van der Waals surface area contributed by atoms with Gasteiger partial charge in [0.1, 0.15) is 5.69 Å². The summed E-state index contributed by atoms with van der Waals surface area (Å²) >= 11 is 0. The van der Waals surface area contributed by atoms with Gasteiger partial charge in [0.05, 0.1) is 16.3 Å². The van der Waals surface area contributed by atoms with Crippen LogP contribution in [0.3, 0.4) is 0 Å². The third kappa shape index (κ3) is 4.88. The van der Waals surface area contributed by atoms with E-state index in [0.29, 0.717) is 23.5 Å². The highest BCUT2D eigenvalue weighted by molar-refractivity contribution is 7.92. The van der Waals surface area contributed by atoms with Crippen LogP contribution in [0.15, 0.2) is 64.3 Å². The lowest BCUT2D eigenvalue weighted by Crippen LogP contribution is -2.23. The molecule has 0 aliphatic heterocycles. The van der Waals surface area contributed by atoms with E-state index in [4.69, 9.17) is 0 Å². The molecule has 9 heteroatoms. The molecule has 0 spiro atoms. The zero-order chi connectivity index (χ0) is 22.6. The van der Waals surface area contributed by atoms with Crippen LogP contribution in [0, 0.1) is 6.92 Å². The summed E-state index contributed by atoms with van der Waals surface area (Å²) in [7, 11) is -2.36. The lowest BCUT2D eigenvalue weighted by molar-refractivity contribution is -0.116. The molecule has 0 saturated heterocycles. The smallest absolute Gasteiger partial charge is 0.296 e. The Morgan fingerprint density at radius 1 is 1.06 bits per heavy atom. The number of para-hydroxylation sites is 1. The lowest BCUT2D eigenvalue weighted by atomic mass is 10.2. The molecule has 8 nitrogen and oxygen atoms in total. The third-order valence-electron chi connectivity index (χ3n) is 4.98. The van der Waals surface area contributed by atoms with Gasteiger partial charge in [-0.3, -0.25) is 19.0 Å². The number of anilines is 2. The van der Waals surface area contributed by atoms with Gasteiger partial charge in [-0.1, -0.05) is 37.6 Å². The number of hydrogen-bond acceptors (Lipinski definition) is 4. The Hall–Kier alpha value is -3.33. The summed E-state index contributed by atoms with van der Waals surface area (Å²) in [6, 6.07) is 14.9. The number of carbonyl (C=O) groups excluding carboxylic acids is 1. The zero-order valence-electron chi connectivity index (χ0n) is 17.8. The van der Waals surface area contributed by atoms with Crippen LogP contribution in [0.5, 0.6) is 0 Å². The molecule has 2 N–H and O–H groups in total.